The predicted molar refractivity (Wildman–Crippen MR) is 162 cm³/mol. The van der Waals surface area contributed by atoms with E-state index in [1.165, 1.54) is 16.7 Å². The van der Waals surface area contributed by atoms with Crippen molar-refractivity contribution < 1.29 is 23.9 Å². The van der Waals surface area contributed by atoms with Gasteiger partial charge in [-0.15, -0.1) is 0 Å². The molecule has 3 amide bonds. The van der Waals surface area contributed by atoms with Gasteiger partial charge in [0.15, 0.2) is 0 Å². The van der Waals surface area contributed by atoms with Gasteiger partial charge in [-0.25, -0.2) is 0 Å². The molecule has 0 saturated carbocycles. The molecule has 4 rings (SSSR count). The average molecular weight is 574 g/mol. The van der Waals surface area contributed by atoms with Crippen molar-refractivity contribution >= 4 is 40.9 Å². The van der Waals surface area contributed by atoms with Crippen molar-refractivity contribution in [1.82, 2.24) is 4.90 Å². The van der Waals surface area contributed by atoms with Crippen molar-refractivity contribution in [3.63, 3.8) is 0 Å². The highest BCUT2D eigenvalue weighted by molar-refractivity contribution is 8.04. The second kappa shape index (κ2) is 13.1. The van der Waals surface area contributed by atoms with E-state index < -0.39 is 5.91 Å². The highest BCUT2D eigenvalue weighted by Crippen LogP contribution is 2.37. The van der Waals surface area contributed by atoms with Crippen molar-refractivity contribution in [1.29, 1.82) is 0 Å². The third-order valence-electron chi connectivity index (χ3n) is 6.54. The van der Waals surface area contributed by atoms with Crippen LogP contribution in [0.15, 0.2) is 88.3 Å². The molecular weight excluding hydrogens is 538 g/mol. The summed E-state index contributed by atoms with van der Waals surface area (Å²) in [5.74, 6) is -0.323. The summed E-state index contributed by atoms with van der Waals surface area (Å²) in [4.78, 5) is 41.9. The van der Waals surface area contributed by atoms with Crippen molar-refractivity contribution in [2.24, 2.45) is 0 Å². The number of ether oxygens (including phenoxy) is 2. The quantitative estimate of drug-likeness (QED) is 0.212. The largest absolute Gasteiger partial charge is 0.497 e. The molecule has 0 saturated heterocycles. The lowest BCUT2D eigenvalue weighted by Crippen LogP contribution is -2.33. The summed E-state index contributed by atoms with van der Waals surface area (Å²) in [6.07, 6.45) is 0.528. The number of rotatable bonds is 11. The molecule has 3 aromatic carbocycles. The second-order valence-corrected chi connectivity index (χ2v) is 11.7. The summed E-state index contributed by atoms with van der Waals surface area (Å²) in [5, 5.41) is 6.07. The minimum atomic E-state index is -0.396. The molecule has 2 N–H and O–H groups in total. The Kier molecular flexibility index (Phi) is 9.52. The van der Waals surface area contributed by atoms with Crippen LogP contribution in [0.4, 0.5) is 11.4 Å². The first-order valence-electron chi connectivity index (χ1n) is 13.3. The summed E-state index contributed by atoms with van der Waals surface area (Å²) >= 11 is 1.18. The molecule has 0 aliphatic carbocycles. The van der Waals surface area contributed by atoms with E-state index in [1.807, 2.05) is 30.3 Å². The van der Waals surface area contributed by atoms with Gasteiger partial charge in [0.05, 0.1) is 7.11 Å². The van der Waals surface area contributed by atoms with Gasteiger partial charge in [-0.2, -0.15) is 0 Å². The third kappa shape index (κ3) is 7.36. The number of carbonyl (C=O) groups excluding carboxylic acids is 3. The fourth-order valence-corrected chi connectivity index (χ4v) is 5.23. The molecule has 0 spiro atoms. The zero-order chi connectivity index (χ0) is 29.6. The molecule has 0 atom stereocenters. The Morgan fingerprint density at radius 3 is 2.24 bits per heavy atom. The molecule has 41 heavy (non-hydrogen) atoms. The Bertz CT molecular complexity index is 1440. The molecule has 1 aliphatic heterocycles. The first-order chi connectivity index (χ1) is 19.6. The number of nitrogens with zero attached hydrogens (tertiary/aromatic N) is 1. The maximum absolute atomic E-state index is 13.4. The minimum Gasteiger partial charge on any atom is -0.497 e. The summed E-state index contributed by atoms with van der Waals surface area (Å²) in [6, 6.07) is 21.9. The Morgan fingerprint density at radius 1 is 0.902 bits per heavy atom. The van der Waals surface area contributed by atoms with Crippen LogP contribution in [0.5, 0.6) is 5.75 Å². The lowest BCUT2D eigenvalue weighted by Gasteiger charge is -2.19. The monoisotopic (exact) mass is 573 g/mol. The molecule has 8 nitrogen and oxygen atoms in total. The Balaban J connectivity index is 1.55. The van der Waals surface area contributed by atoms with Crippen LogP contribution in [-0.2, 0) is 19.7 Å². The van der Waals surface area contributed by atoms with Gasteiger partial charge in [-0.05, 0) is 72.0 Å². The van der Waals surface area contributed by atoms with Crippen molar-refractivity contribution in [3.05, 3.63) is 94.5 Å². The fourth-order valence-electron chi connectivity index (χ4n) is 4.23. The number of amides is 3. The topological polar surface area (TPSA) is 97.0 Å². The molecule has 1 aliphatic rings. The molecular formula is C32H35N3O5S. The molecule has 0 aromatic heterocycles. The van der Waals surface area contributed by atoms with E-state index in [2.05, 4.69) is 31.4 Å². The normalized spacial score (nSPS) is 13.5. The van der Waals surface area contributed by atoms with Crippen LogP contribution >= 0.6 is 11.8 Å². The van der Waals surface area contributed by atoms with E-state index in [9.17, 15) is 14.4 Å². The van der Waals surface area contributed by atoms with Gasteiger partial charge >= 0.3 is 0 Å². The average Bonchev–Trinajstić information content (AvgIpc) is 3.17. The molecule has 9 heteroatoms. The molecule has 0 unspecified atom stereocenters. The highest BCUT2D eigenvalue weighted by Gasteiger charge is 2.38. The fraction of sp³-hybridized carbons (Fsp3) is 0.281. The van der Waals surface area contributed by atoms with Crippen LogP contribution in [0.2, 0.25) is 0 Å². The van der Waals surface area contributed by atoms with Crippen molar-refractivity contribution in [2.75, 3.05) is 38.0 Å². The number of benzene rings is 3. The van der Waals surface area contributed by atoms with Crippen LogP contribution in [0.1, 0.15) is 43.1 Å². The first-order valence-corrected chi connectivity index (χ1v) is 14.1. The number of methoxy groups -OCH3 is 2. The van der Waals surface area contributed by atoms with Crippen LogP contribution in [0, 0.1) is 0 Å². The van der Waals surface area contributed by atoms with Gasteiger partial charge in [0, 0.05) is 42.1 Å². The second-order valence-electron chi connectivity index (χ2n) is 10.6. The summed E-state index contributed by atoms with van der Waals surface area (Å²) < 4.78 is 10.3. The lowest BCUT2D eigenvalue weighted by molar-refractivity contribution is -0.137. The number of imide groups is 1. The van der Waals surface area contributed by atoms with E-state index in [0.717, 1.165) is 5.56 Å². The van der Waals surface area contributed by atoms with E-state index in [1.54, 1.807) is 56.7 Å². The molecule has 214 valence electrons. The van der Waals surface area contributed by atoms with E-state index in [-0.39, 0.29) is 34.4 Å². The third-order valence-corrected chi connectivity index (χ3v) is 7.61. The van der Waals surface area contributed by atoms with E-state index in [0.29, 0.717) is 40.6 Å². The lowest BCUT2D eigenvalue weighted by atomic mass is 9.87. The summed E-state index contributed by atoms with van der Waals surface area (Å²) in [6.45, 7) is 7.05. The van der Waals surface area contributed by atoms with Gasteiger partial charge in [0.25, 0.3) is 17.7 Å². The number of hydrogen-bond acceptors (Lipinski definition) is 7. The Morgan fingerprint density at radius 2 is 1.61 bits per heavy atom. The number of hydrogen-bond donors (Lipinski definition) is 2. The first kappa shape index (κ1) is 29.9. The van der Waals surface area contributed by atoms with Gasteiger partial charge in [-0.1, -0.05) is 50.7 Å². The Labute approximate surface area is 245 Å². The van der Waals surface area contributed by atoms with Gasteiger partial charge < -0.3 is 20.1 Å². The van der Waals surface area contributed by atoms with Crippen LogP contribution in [-0.4, -0.2) is 50.0 Å². The van der Waals surface area contributed by atoms with Crippen molar-refractivity contribution in [3.8, 4) is 5.75 Å². The van der Waals surface area contributed by atoms with Gasteiger partial charge in [-0.3, -0.25) is 19.3 Å². The number of nitrogens with one attached hydrogen (secondary N) is 2. The SMILES string of the molecule is COCCCN1C(=O)C(Nc2ccc(OC)cc2)=C(Sc2cccc(NC(=O)c3ccc(C(C)(C)C)cc3)c2)C1=O. The maximum atomic E-state index is 13.4. The number of carbonyl (C=O) groups is 3. The Hall–Kier alpha value is -4.08. The van der Waals surface area contributed by atoms with E-state index >= 15 is 0 Å². The number of anilines is 2. The molecule has 0 bridgehead atoms. The minimum absolute atomic E-state index is 0.00521. The number of thioether (sulfide) groups is 1. The van der Waals surface area contributed by atoms with Crippen LogP contribution in [0.25, 0.3) is 0 Å². The van der Waals surface area contributed by atoms with Crippen LogP contribution in [0.3, 0.4) is 0 Å². The van der Waals surface area contributed by atoms with E-state index in [4.69, 9.17) is 9.47 Å². The summed E-state index contributed by atoms with van der Waals surface area (Å²) in [7, 11) is 3.16. The molecule has 1 heterocycles. The highest BCUT2D eigenvalue weighted by atomic mass is 32.2. The van der Waals surface area contributed by atoms with Gasteiger partial charge in [0.1, 0.15) is 16.4 Å². The zero-order valence-corrected chi connectivity index (χ0v) is 24.8. The standard InChI is InChI=1S/C32H35N3O5S/c1-32(2,3)22-12-10-21(11-13-22)29(36)34-24-8-6-9-26(20-24)41-28-27(33-23-14-16-25(40-5)17-15-23)30(37)35(31(28)38)18-7-19-39-4/h6,8-17,20,33H,7,18-19H2,1-5H3,(H,34,36). The summed E-state index contributed by atoms with van der Waals surface area (Å²) in [5.41, 5.74) is 3.13. The predicted octanol–water partition coefficient (Wildman–Crippen LogP) is 6.07. The molecule has 3 aromatic rings. The van der Waals surface area contributed by atoms with Crippen molar-refractivity contribution in [2.45, 2.75) is 37.5 Å². The van der Waals surface area contributed by atoms with Crippen LogP contribution < -0.4 is 15.4 Å². The molecule has 0 fully saturated rings. The zero-order valence-electron chi connectivity index (χ0n) is 23.9. The maximum Gasteiger partial charge on any atom is 0.278 e. The molecule has 0 radical (unpaired) electrons. The van der Waals surface area contributed by atoms with Gasteiger partial charge in [0.2, 0.25) is 0 Å². The smallest absolute Gasteiger partial charge is 0.278 e.